The predicted octanol–water partition coefficient (Wildman–Crippen LogP) is 28.9. The molecule has 0 aliphatic carbocycles. The van der Waals surface area contributed by atoms with Gasteiger partial charge in [-0.25, -0.2) is 0 Å². The molecule has 6 aliphatic rings. The summed E-state index contributed by atoms with van der Waals surface area (Å²) in [5, 5.41) is 0. The zero-order valence-corrected chi connectivity index (χ0v) is 75.8. The standard InChI is InChI=1S/C80H168O12Si8/c1-9-17-25-33-41-49-57-65-73-93-81-94(74-66-58-50-42-34-26-18-10-2)84-97(77-69-61-53-45-37-29-21-13-5)86-95(82-93,75-67-59-51-43-35-27-19-11-3)88-99(79-71-63-55-47-39-31-23-15-7)89-96(83-93,76-68-60-52-44-36-28-20-12-4)87-98(85-94,78-70-62-54-46-38-30-22-14-6)91-100(90-97,92-99)80-72-64-56-48-40-32-24-16-8/h9-80H2,1-8H3. The summed E-state index contributed by atoms with van der Waals surface area (Å²) in [6.07, 6.45) is 76.9. The van der Waals surface area contributed by atoms with Crippen LogP contribution in [-0.2, 0) is 49.4 Å². The Labute approximate surface area is 630 Å². The SMILES string of the molecule is CCCCCCCCCC[Si]12O[Si]3(CCCCCCCCCC)O[Si]4(CCCCCCCCCC)O[Si](CCCCCCCCCC)(O1)O[Si]1(CCCCCCCCCC)O[Si](CCCCCCCCCC)(O2)O[Si](CCCCCCCCCC)(O3)O[Si](CCCCCCCCCC)(O4)O1. The van der Waals surface area contributed by atoms with E-state index in [4.69, 9.17) is 49.4 Å². The monoisotopic (exact) mass is 1550 g/mol. The van der Waals surface area contributed by atoms with Crippen LogP contribution in [0.1, 0.15) is 466 Å². The van der Waals surface area contributed by atoms with Crippen molar-refractivity contribution >= 4 is 70.4 Å². The molecule has 0 unspecified atom stereocenters. The molecule has 6 heterocycles. The maximum absolute atomic E-state index is 8.59. The van der Waals surface area contributed by atoms with Crippen molar-refractivity contribution in [2.45, 2.75) is 515 Å². The molecular weight excluding hydrogens is 1380 g/mol. The molecule has 12 nitrogen and oxygen atoms in total. The molecule has 6 fully saturated rings. The van der Waals surface area contributed by atoms with Crippen molar-refractivity contribution in [2.75, 3.05) is 0 Å². The minimum Gasteiger partial charge on any atom is -0.373 e. The fourth-order valence-electron chi connectivity index (χ4n) is 16.4. The second-order valence-corrected chi connectivity index (χ2v) is 57.2. The van der Waals surface area contributed by atoms with E-state index in [1.165, 1.54) is 308 Å². The smallest absolute Gasteiger partial charge is 0.373 e. The van der Waals surface area contributed by atoms with Gasteiger partial charge in [0.25, 0.3) is 0 Å². The van der Waals surface area contributed by atoms with E-state index in [1.807, 2.05) is 0 Å². The molecule has 0 radical (unpaired) electrons. The van der Waals surface area contributed by atoms with Crippen LogP contribution in [0.15, 0.2) is 0 Å². The van der Waals surface area contributed by atoms with E-state index >= 15 is 0 Å². The summed E-state index contributed by atoms with van der Waals surface area (Å²) in [5.74, 6) is 0. The van der Waals surface area contributed by atoms with E-state index in [2.05, 4.69) is 55.4 Å². The van der Waals surface area contributed by atoms with E-state index in [9.17, 15) is 0 Å². The Morgan fingerprint density at radius 1 is 0.100 bits per heavy atom. The largest absolute Gasteiger partial charge is 0.478 e. The zero-order chi connectivity index (χ0) is 71.4. The van der Waals surface area contributed by atoms with Crippen molar-refractivity contribution in [2.24, 2.45) is 0 Å². The minimum atomic E-state index is -4.02. The van der Waals surface area contributed by atoms with Crippen molar-refractivity contribution in [3.63, 3.8) is 0 Å². The fraction of sp³-hybridized carbons (Fsp3) is 1.00. The third kappa shape index (κ3) is 36.8. The Balaban J connectivity index is 1.81. The summed E-state index contributed by atoms with van der Waals surface area (Å²) >= 11 is 0. The van der Waals surface area contributed by atoms with Gasteiger partial charge in [-0.3, -0.25) is 0 Å². The van der Waals surface area contributed by atoms with Crippen molar-refractivity contribution in [1.29, 1.82) is 0 Å². The topological polar surface area (TPSA) is 111 Å². The van der Waals surface area contributed by atoms with Crippen LogP contribution in [-0.4, -0.2) is 70.4 Å². The van der Waals surface area contributed by atoms with Crippen LogP contribution in [0.5, 0.6) is 0 Å². The lowest BCUT2D eigenvalue weighted by Gasteiger charge is -2.63. The summed E-state index contributed by atoms with van der Waals surface area (Å²) in [7, 11) is -32.1. The first-order chi connectivity index (χ1) is 49.0. The van der Waals surface area contributed by atoms with E-state index in [1.54, 1.807) is 0 Å². The molecule has 0 saturated carbocycles. The lowest BCUT2D eigenvalue weighted by atomic mass is 10.1. The Hall–Kier alpha value is 1.26. The summed E-state index contributed by atoms with van der Waals surface area (Å²) in [6.45, 7) is 18.6. The normalized spacial score (nSPS) is 27.1. The van der Waals surface area contributed by atoms with Crippen LogP contribution in [0, 0.1) is 0 Å². The van der Waals surface area contributed by atoms with Crippen LogP contribution in [0.4, 0.5) is 0 Å². The summed E-state index contributed by atoms with van der Waals surface area (Å²) in [6, 6.07) is 5.14. The molecule has 0 atom stereocenters. The molecule has 6 saturated heterocycles. The summed E-state index contributed by atoms with van der Waals surface area (Å²) in [4.78, 5) is 0. The number of hydrogen-bond donors (Lipinski definition) is 0. The lowest BCUT2D eigenvalue weighted by molar-refractivity contribution is -0.0314. The maximum atomic E-state index is 8.59. The second kappa shape index (κ2) is 55.6. The average molecular weight is 1550 g/mol. The van der Waals surface area contributed by atoms with Crippen LogP contribution in [0.3, 0.4) is 0 Å². The highest BCUT2D eigenvalue weighted by atomic mass is 28.6. The first-order valence-corrected chi connectivity index (χ1v) is 60.8. The molecule has 0 N–H and O–H groups in total. The number of hydrogen-bond acceptors (Lipinski definition) is 12. The van der Waals surface area contributed by atoms with Crippen molar-refractivity contribution in [3.05, 3.63) is 0 Å². The minimum absolute atomic E-state index is 0.643. The highest BCUT2D eigenvalue weighted by Crippen LogP contribution is 2.56. The molecule has 592 valence electrons. The van der Waals surface area contributed by atoms with Gasteiger partial charge in [-0.2, -0.15) is 0 Å². The quantitative estimate of drug-likeness (QED) is 0.0427. The molecule has 6 aliphatic heterocycles. The molecule has 0 amide bonds. The highest BCUT2D eigenvalue weighted by molar-refractivity contribution is 7.03. The van der Waals surface area contributed by atoms with E-state index in [0.29, 0.717) is 48.4 Å². The molecule has 0 aromatic heterocycles. The molecule has 20 heteroatoms. The van der Waals surface area contributed by atoms with Crippen LogP contribution in [0.2, 0.25) is 48.4 Å². The first kappa shape index (κ1) is 91.9. The molecule has 0 aromatic carbocycles. The van der Waals surface area contributed by atoms with E-state index in [0.717, 1.165) is 103 Å². The Morgan fingerprint density at radius 3 is 0.250 bits per heavy atom. The zero-order valence-electron chi connectivity index (χ0n) is 67.8. The summed E-state index contributed by atoms with van der Waals surface area (Å²) in [5.41, 5.74) is 0. The molecular formula is C80H168O12Si8. The molecule has 8 bridgehead atoms. The van der Waals surface area contributed by atoms with Gasteiger partial charge in [0.1, 0.15) is 0 Å². The van der Waals surface area contributed by atoms with Crippen LogP contribution in [0.25, 0.3) is 0 Å². The number of rotatable bonds is 72. The average Bonchev–Trinajstić information content (AvgIpc) is 0.689. The van der Waals surface area contributed by atoms with Gasteiger partial charge < -0.3 is 49.4 Å². The maximum Gasteiger partial charge on any atom is 0.478 e. The lowest BCUT2D eigenvalue weighted by Crippen LogP contribution is -2.88. The van der Waals surface area contributed by atoms with Gasteiger partial charge in [0.15, 0.2) is 0 Å². The van der Waals surface area contributed by atoms with Crippen molar-refractivity contribution < 1.29 is 49.4 Å². The van der Waals surface area contributed by atoms with E-state index in [-0.39, 0.29) is 0 Å². The van der Waals surface area contributed by atoms with Crippen LogP contribution < -0.4 is 0 Å². The number of unbranched alkanes of at least 4 members (excludes halogenated alkanes) is 56. The van der Waals surface area contributed by atoms with Gasteiger partial charge >= 0.3 is 70.4 Å². The first-order valence-electron chi connectivity index (χ1n) is 45.4. The fourth-order valence-corrected chi connectivity index (χ4v) is 67.4. The Morgan fingerprint density at radius 2 is 0.170 bits per heavy atom. The third-order valence-corrected chi connectivity index (χ3v) is 60.0. The predicted molar refractivity (Wildman–Crippen MR) is 438 cm³/mol. The van der Waals surface area contributed by atoms with Crippen molar-refractivity contribution in [3.8, 4) is 0 Å². The van der Waals surface area contributed by atoms with Gasteiger partial charge in [0.05, 0.1) is 0 Å². The van der Waals surface area contributed by atoms with Gasteiger partial charge in [-0.05, 0) is 51.4 Å². The Kier molecular flexibility index (Phi) is 51.1. The molecule has 100 heavy (non-hydrogen) atoms. The summed E-state index contributed by atoms with van der Waals surface area (Å²) < 4.78 is 103. The van der Waals surface area contributed by atoms with Crippen LogP contribution >= 0.6 is 0 Å². The van der Waals surface area contributed by atoms with E-state index < -0.39 is 70.4 Å². The van der Waals surface area contributed by atoms with Crippen molar-refractivity contribution in [1.82, 2.24) is 0 Å². The molecule has 0 spiro atoms. The Bertz CT molecular complexity index is 1470. The second-order valence-electron chi connectivity index (χ2n) is 32.5. The van der Waals surface area contributed by atoms with Gasteiger partial charge in [0, 0.05) is 48.4 Å². The molecule has 0 aromatic rings. The van der Waals surface area contributed by atoms with Gasteiger partial charge in [-0.15, -0.1) is 0 Å². The van der Waals surface area contributed by atoms with Gasteiger partial charge in [0.2, 0.25) is 0 Å². The van der Waals surface area contributed by atoms with Gasteiger partial charge in [-0.1, -0.05) is 415 Å². The molecule has 6 rings (SSSR count). The third-order valence-electron chi connectivity index (χ3n) is 22.4. The highest BCUT2D eigenvalue weighted by Gasteiger charge is 2.82.